The standard InChI is InChI=1S/C27H20ClN7OS/c1-15-22(12-11-20-6-4-5-13-29-20)37-27-24(15)25(18-7-9-19(28)10-8-18)30-21(14-23-33-32-17(3)36-23)26-34-31-16(2)35(26)27/h4-10,13,21H,14H2,1-3H3/t21-/m0/s1. The second-order valence-electron chi connectivity index (χ2n) is 8.56. The Hall–Kier alpha value is -4.13. The minimum atomic E-state index is -0.381. The fourth-order valence-corrected chi connectivity index (χ4v) is 5.63. The van der Waals surface area contributed by atoms with Crippen molar-refractivity contribution in [2.75, 3.05) is 0 Å². The molecule has 1 aliphatic heterocycles. The molecule has 1 aliphatic rings. The molecule has 5 heterocycles. The number of thiophene rings is 1. The number of aliphatic imine (C=N–C) groups is 1. The predicted octanol–water partition coefficient (Wildman–Crippen LogP) is 5.22. The summed E-state index contributed by atoms with van der Waals surface area (Å²) >= 11 is 7.81. The van der Waals surface area contributed by atoms with Crippen LogP contribution in [0.2, 0.25) is 5.02 Å². The number of aryl methyl sites for hydroxylation is 2. The van der Waals surface area contributed by atoms with E-state index in [4.69, 9.17) is 21.0 Å². The average Bonchev–Trinajstić information content (AvgIpc) is 3.55. The lowest BCUT2D eigenvalue weighted by atomic mass is 9.99. The summed E-state index contributed by atoms with van der Waals surface area (Å²) in [7, 11) is 0. The molecule has 0 N–H and O–H groups in total. The third kappa shape index (κ3) is 4.35. The third-order valence-electron chi connectivity index (χ3n) is 6.02. The fourth-order valence-electron chi connectivity index (χ4n) is 4.28. The van der Waals surface area contributed by atoms with Crippen molar-refractivity contribution in [1.82, 2.24) is 29.9 Å². The van der Waals surface area contributed by atoms with Crippen molar-refractivity contribution in [3.63, 3.8) is 0 Å². The van der Waals surface area contributed by atoms with E-state index in [1.807, 2.05) is 49.4 Å². The van der Waals surface area contributed by atoms with Crippen LogP contribution in [0.5, 0.6) is 0 Å². The number of nitrogens with zero attached hydrogens (tertiary/aromatic N) is 7. The number of hydrogen-bond acceptors (Lipinski definition) is 8. The van der Waals surface area contributed by atoms with Gasteiger partial charge in [-0.2, -0.15) is 0 Å². The minimum absolute atomic E-state index is 0.381. The molecule has 1 aromatic carbocycles. The van der Waals surface area contributed by atoms with Crippen molar-refractivity contribution in [3.05, 3.63) is 104 Å². The van der Waals surface area contributed by atoms with Gasteiger partial charge in [0.05, 0.1) is 17.0 Å². The lowest BCUT2D eigenvalue weighted by Gasteiger charge is -2.11. The van der Waals surface area contributed by atoms with E-state index in [1.54, 1.807) is 24.5 Å². The summed E-state index contributed by atoms with van der Waals surface area (Å²) in [5.41, 5.74) is 4.51. The molecule has 8 nitrogen and oxygen atoms in total. The molecule has 182 valence electrons. The second kappa shape index (κ2) is 9.39. The molecule has 37 heavy (non-hydrogen) atoms. The molecule has 6 rings (SSSR count). The summed E-state index contributed by atoms with van der Waals surface area (Å²) < 4.78 is 7.76. The second-order valence-corrected chi connectivity index (χ2v) is 10.00. The summed E-state index contributed by atoms with van der Waals surface area (Å²) in [4.78, 5) is 10.5. The highest BCUT2D eigenvalue weighted by Gasteiger charge is 2.32. The van der Waals surface area contributed by atoms with E-state index < -0.39 is 0 Å². The van der Waals surface area contributed by atoms with Gasteiger partial charge in [0, 0.05) is 29.3 Å². The van der Waals surface area contributed by atoms with Gasteiger partial charge in [0.25, 0.3) is 0 Å². The van der Waals surface area contributed by atoms with Crippen molar-refractivity contribution in [3.8, 4) is 16.8 Å². The van der Waals surface area contributed by atoms with Crippen molar-refractivity contribution < 1.29 is 4.42 Å². The maximum Gasteiger partial charge on any atom is 0.219 e. The zero-order chi connectivity index (χ0) is 25.5. The van der Waals surface area contributed by atoms with Gasteiger partial charge in [-0.1, -0.05) is 29.8 Å². The molecule has 0 spiro atoms. The summed E-state index contributed by atoms with van der Waals surface area (Å²) in [5.74, 6) is 9.00. The number of fused-ring (bicyclic) bond motifs is 3. The van der Waals surface area contributed by atoms with E-state index in [0.29, 0.717) is 34.7 Å². The van der Waals surface area contributed by atoms with Gasteiger partial charge in [0.1, 0.15) is 22.6 Å². The van der Waals surface area contributed by atoms with Crippen LogP contribution in [0.1, 0.15) is 56.7 Å². The number of halogens is 1. The summed E-state index contributed by atoms with van der Waals surface area (Å²) in [5, 5.41) is 18.7. The third-order valence-corrected chi connectivity index (χ3v) is 7.47. The van der Waals surface area contributed by atoms with Gasteiger partial charge in [-0.05, 0) is 55.5 Å². The minimum Gasteiger partial charge on any atom is -0.426 e. The normalized spacial score (nSPS) is 14.3. The van der Waals surface area contributed by atoms with Gasteiger partial charge in [-0.15, -0.1) is 31.7 Å². The van der Waals surface area contributed by atoms with Crippen LogP contribution in [-0.4, -0.2) is 35.7 Å². The van der Waals surface area contributed by atoms with E-state index in [-0.39, 0.29) is 6.04 Å². The van der Waals surface area contributed by atoms with Crippen molar-refractivity contribution in [2.24, 2.45) is 4.99 Å². The molecule has 0 saturated carbocycles. The summed E-state index contributed by atoms with van der Waals surface area (Å²) in [6, 6.07) is 13.0. The predicted molar refractivity (Wildman–Crippen MR) is 141 cm³/mol. The number of benzene rings is 1. The molecule has 4 aromatic heterocycles. The molecule has 0 radical (unpaired) electrons. The first-order valence-corrected chi connectivity index (χ1v) is 12.8. The highest BCUT2D eigenvalue weighted by atomic mass is 35.5. The summed E-state index contributed by atoms with van der Waals surface area (Å²) in [6.07, 6.45) is 2.14. The van der Waals surface area contributed by atoms with Gasteiger partial charge in [0.15, 0.2) is 5.82 Å². The first kappa shape index (κ1) is 23.3. The first-order chi connectivity index (χ1) is 18.0. The molecule has 10 heteroatoms. The largest absolute Gasteiger partial charge is 0.426 e. The Labute approximate surface area is 222 Å². The SMILES string of the molecule is Cc1nnc(C[C@@H]2N=C(c3ccc(Cl)cc3)c3c(sc(C#Cc4ccccn4)c3C)-n3c(C)nnc32)o1. The molecule has 0 bridgehead atoms. The molecule has 1 atom stereocenters. The Kier molecular flexibility index (Phi) is 5.91. The molecule has 5 aromatic rings. The van der Waals surface area contributed by atoms with Crippen molar-refractivity contribution in [2.45, 2.75) is 33.2 Å². The Morgan fingerprint density at radius 2 is 1.84 bits per heavy atom. The number of aromatic nitrogens is 6. The Morgan fingerprint density at radius 3 is 2.57 bits per heavy atom. The number of pyridine rings is 1. The molecule has 0 fully saturated rings. The first-order valence-electron chi connectivity index (χ1n) is 11.6. The summed E-state index contributed by atoms with van der Waals surface area (Å²) in [6.45, 7) is 5.78. The lowest BCUT2D eigenvalue weighted by molar-refractivity contribution is 0.447. The Bertz CT molecular complexity index is 1710. The molecular formula is C27H20ClN7OS. The maximum atomic E-state index is 6.22. The van der Waals surface area contributed by atoms with Crippen LogP contribution in [0.4, 0.5) is 0 Å². The Morgan fingerprint density at radius 1 is 1.00 bits per heavy atom. The molecule has 0 amide bonds. The molecule has 0 saturated heterocycles. The van der Waals surface area contributed by atoms with Gasteiger partial charge < -0.3 is 4.42 Å². The van der Waals surface area contributed by atoms with Crippen molar-refractivity contribution >= 4 is 28.6 Å². The zero-order valence-electron chi connectivity index (χ0n) is 20.2. The number of rotatable bonds is 3. The molecule has 0 aliphatic carbocycles. The van der Waals surface area contributed by atoms with Gasteiger partial charge >= 0.3 is 0 Å². The van der Waals surface area contributed by atoms with Crippen LogP contribution in [0.15, 0.2) is 58.1 Å². The maximum absolute atomic E-state index is 6.22. The van der Waals surface area contributed by atoms with Crippen LogP contribution < -0.4 is 0 Å². The van der Waals surface area contributed by atoms with Gasteiger partial charge in [0.2, 0.25) is 11.8 Å². The van der Waals surface area contributed by atoms with Crippen LogP contribution in [0.3, 0.4) is 0 Å². The smallest absolute Gasteiger partial charge is 0.219 e. The van der Waals surface area contributed by atoms with E-state index >= 15 is 0 Å². The molecular weight excluding hydrogens is 506 g/mol. The van der Waals surface area contributed by atoms with Gasteiger partial charge in [-0.3, -0.25) is 9.56 Å². The van der Waals surface area contributed by atoms with Gasteiger partial charge in [-0.25, -0.2) is 4.98 Å². The van der Waals surface area contributed by atoms with E-state index in [1.165, 1.54) is 0 Å². The lowest BCUT2D eigenvalue weighted by Crippen LogP contribution is -2.09. The highest BCUT2D eigenvalue weighted by Crippen LogP contribution is 2.39. The van der Waals surface area contributed by atoms with E-state index in [2.05, 4.69) is 48.7 Å². The van der Waals surface area contributed by atoms with Crippen LogP contribution in [0.25, 0.3) is 5.00 Å². The average molecular weight is 526 g/mol. The monoisotopic (exact) mass is 525 g/mol. The Balaban J connectivity index is 1.56. The fraction of sp³-hybridized carbons (Fsp3) is 0.185. The molecule has 0 unspecified atom stereocenters. The highest BCUT2D eigenvalue weighted by molar-refractivity contribution is 7.15. The van der Waals surface area contributed by atoms with Crippen LogP contribution >= 0.6 is 22.9 Å². The quantitative estimate of drug-likeness (QED) is 0.300. The zero-order valence-corrected chi connectivity index (χ0v) is 21.8. The van der Waals surface area contributed by atoms with Crippen LogP contribution in [0, 0.1) is 32.6 Å². The topological polar surface area (TPSA) is 94.9 Å². The van der Waals surface area contributed by atoms with Crippen molar-refractivity contribution in [1.29, 1.82) is 0 Å². The van der Waals surface area contributed by atoms with Crippen LogP contribution in [-0.2, 0) is 6.42 Å². The van der Waals surface area contributed by atoms with E-state index in [0.717, 1.165) is 38.1 Å². The number of hydrogen-bond donors (Lipinski definition) is 0. The van der Waals surface area contributed by atoms with E-state index in [9.17, 15) is 0 Å².